The zero-order valence-corrected chi connectivity index (χ0v) is 14.6. The Kier molecular flexibility index (Phi) is 6.92. The molecule has 1 aromatic rings. The number of pyridine rings is 1. The minimum absolute atomic E-state index is 0.0751. The number of nitrogens with zero attached hydrogens (tertiary/aromatic N) is 3. The third-order valence-corrected chi connectivity index (χ3v) is 4.23. The third kappa shape index (κ3) is 5.88. The van der Waals surface area contributed by atoms with Crippen molar-refractivity contribution in [1.82, 2.24) is 20.1 Å². The summed E-state index contributed by atoms with van der Waals surface area (Å²) in [5, 5.41) is 3.32. The lowest BCUT2D eigenvalue weighted by Gasteiger charge is -2.32. The number of rotatable bonds is 6. The quantitative estimate of drug-likeness (QED) is 0.806. The van der Waals surface area contributed by atoms with E-state index in [0.29, 0.717) is 30.0 Å². The van der Waals surface area contributed by atoms with E-state index >= 15 is 0 Å². The summed E-state index contributed by atoms with van der Waals surface area (Å²) in [5.74, 6) is 0.940. The van der Waals surface area contributed by atoms with Gasteiger partial charge in [-0.25, -0.2) is 9.78 Å². The largest absolute Gasteiger partial charge is 0.475 e. The van der Waals surface area contributed by atoms with Crippen molar-refractivity contribution in [2.45, 2.75) is 12.8 Å². The van der Waals surface area contributed by atoms with E-state index in [-0.39, 0.29) is 6.03 Å². The van der Waals surface area contributed by atoms with E-state index < -0.39 is 0 Å². The molecule has 1 fully saturated rings. The van der Waals surface area contributed by atoms with Gasteiger partial charge in [-0.05, 0) is 44.5 Å². The summed E-state index contributed by atoms with van der Waals surface area (Å²) in [5.41, 5.74) is 0. The molecule has 2 heterocycles. The van der Waals surface area contributed by atoms with Crippen molar-refractivity contribution in [1.29, 1.82) is 0 Å². The van der Waals surface area contributed by atoms with Crippen LogP contribution >= 0.6 is 11.6 Å². The Morgan fingerprint density at radius 2 is 2.43 bits per heavy atom. The number of hydrogen-bond acceptors (Lipinski definition) is 4. The smallest absolute Gasteiger partial charge is 0.317 e. The number of aromatic nitrogens is 1. The van der Waals surface area contributed by atoms with Crippen LogP contribution in [0.4, 0.5) is 4.79 Å². The van der Waals surface area contributed by atoms with E-state index in [2.05, 4.69) is 22.2 Å². The molecule has 1 N–H and O–H groups in total. The molecule has 7 heteroatoms. The van der Waals surface area contributed by atoms with Crippen molar-refractivity contribution in [3.8, 4) is 5.88 Å². The maximum atomic E-state index is 12.1. The van der Waals surface area contributed by atoms with Crippen LogP contribution in [0.1, 0.15) is 12.8 Å². The van der Waals surface area contributed by atoms with Gasteiger partial charge in [0.05, 0.1) is 6.54 Å². The molecule has 1 saturated heterocycles. The summed E-state index contributed by atoms with van der Waals surface area (Å²) in [7, 11) is 3.97. The highest BCUT2D eigenvalue weighted by Gasteiger charge is 2.20. The number of carbonyl (C=O) groups excluding carboxylic acids is 1. The van der Waals surface area contributed by atoms with E-state index in [1.165, 1.54) is 12.8 Å². The first-order valence-electron chi connectivity index (χ1n) is 7.97. The monoisotopic (exact) mass is 340 g/mol. The first kappa shape index (κ1) is 17.8. The third-order valence-electron chi connectivity index (χ3n) is 3.94. The zero-order valence-electron chi connectivity index (χ0n) is 13.8. The number of urea groups is 1. The van der Waals surface area contributed by atoms with E-state index in [4.69, 9.17) is 16.3 Å². The van der Waals surface area contributed by atoms with Gasteiger partial charge in [0, 0.05) is 26.3 Å². The molecular formula is C16H25ClN4O2. The van der Waals surface area contributed by atoms with Gasteiger partial charge in [0.2, 0.25) is 5.88 Å². The fourth-order valence-electron chi connectivity index (χ4n) is 2.81. The van der Waals surface area contributed by atoms with Crippen molar-refractivity contribution in [2.24, 2.45) is 5.92 Å². The van der Waals surface area contributed by atoms with Gasteiger partial charge in [-0.1, -0.05) is 11.6 Å². The molecule has 6 nitrogen and oxygen atoms in total. The number of carbonyl (C=O) groups is 1. The number of amides is 2. The van der Waals surface area contributed by atoms with Crippen LogP contribution in [0.3, 0.4) is 0 Å². The van der Waals surface area contributed by atoms with Crippen LogP contribution in [-0.4, -0.2) is 67.7 Å². The molecule has 0 aliphatic carbocycles. The van der Waals surface area contributed by atoms with Gasteiger partial charge in [0.15, 0.2) is 0 Å². The SMILES string of the molecule is CN1CCC[C@@H](CN(C)C(=O)NCCOc2ncccc2Cl)C1. The van der Waals surface area contributed by atoms with Crippen LogP contribution < -0.4 is 10.1 Å². The summed E-state index contributed by atoms with van der Waals surface area (Å²) in [6.45, 7) is 3.74. The van der Waals surface area contributed by atoms with Crippen LogP contribution in [0.25, 0.3) is 0 Å². The van der Waals surface area contributed by atoms with Crippen molar-refractivity contribution >= 4 is 17.6 Å². The number of piperidine rings is 1. The molecule has 1 aromatic heterocycles. The van der Waals surface area contributed by atoms with E-state index in [9.17, 15) is 4.79 Å². The van der Waals surface area contributed by atoms with Crippen molar-refractivity contribution in [3.63, 3.8) is 0 Å². The Balaban J connectivity index is 1.65. The molecule has 0 radical (unpaired) electrons. The fraction of sp³-hybridized carbons (Fsp3) is 0.625. The molecule has 0 aromatic carbocycles. The topological polar surface area (TPSA) is 57.7 Å². The molecule has 2 rings (SSSR count). The van der Waals surface area contributed by atoms with E-state index in [1.807, 2.05) is 7.05 Å². The standard InChI is InChI=1S/C16H25ClN4O2/c1-20-9-4-5-13(11-20)12-21(2)16(22)19-8-10-23-15-14(17)6-3-7-18-15/h3,6-7,13H,4-5,8-12H2,1-2H3,(H,19,22)/t13-/m1/s1. The average Bonchev–Trinajstić information content (AvgIpc) is 2.53. The lowest BCUT2D eigenvalue weighted by molar-refractivity contribution is 0.162. The first-order chi connectivity index (χ1) is 11.1. The van der Waals surface area contributed by atoms with Crippen molar-refractivity contribution in [2.75, 3.05) is 46.9 Å². The van der Waals surface area contributed by atoms with Gasteiger partial charge in [-0.2, -0.15) is 0 Å². The average molecular weight is 341 g/mol. The summed E-state index contributed by atoms with van der Waals surface area (Å²) in [6, 6.07) is 3.39. The maximum absolute atomic E-state index is 12.1. The molecule has 0 bridgehead atoms. The lowest BCUT2D eigenvalue weighted by atomic mass is 9.98. The van der Waals surface area contributed by atoms with Gasteiger partial charge >= 0.3 is 6.03 Å². The molecule has 0 spiro atoms. The Hall–Kier alpha value is -1.53. The summed E-state index contributed by atoms with van der Waals surface area (Å²) in [6.07, 6.45) is 4.01. The van der Waals surface area contributed by atoms with Gasteiger partial charge in [-0.3, -0.25) is 0 Å². The van der Waals surface area contributed by atoms with E-state index in [1.54, 1.807) is 23.2 Å². The Bertz CT molecular complexity index is 515. The molecule has 128 valence electrons. The number of ether oxygens (including phenoxy) is 1. The minimum atomic E-state index is -0.0751. The highest BCUT2D eigenvalue weighted by molar-refractivity contribution is 6.31. The highest BCUT2D eigenvalue weighted by Crippen LogP contribution is 2.19. The molecule has 1 aliphatic heterocycles. The predicted octanol–water partition coefficient (Wildman–Crippen LogP) is 2.10. The first-order valence-corrected chi connectivity index (χ1v) is 8.35. The zero-order chi connectivity index (χ0) is 16.7. The normalized spacial score (nSPS) is 18.5. The molecule has 0 unspecified atom stereocenters. The number of halogens is 1. The van der Waals surface area contributed by atoms with Crippen LogP contribution in [0, 0.1) is 5.92 Å². The second-order valence-corrected chi connectivity index (χ2v) is 6.43. The summed E-state index contributed by atoms with van der Waals surface area (Å²) >= 11 is 5.95. The van der Waals surface area contributed by atoms with Gasteiger partial charge in [0.25, 0.3) is 0 Å². The lowest BCUT2D eigenvalue weighted by Crippen LogP contribution is -2.44. The molecule has 0 saturated carbocycles. The van der Waals surface area contributed by atoms with Gasteiger partial charge in [-0.15, -0.1) is 0 Å². The molecule has 1 atom stereocenters. The molecule has 2 amide bonds. The van der Waals surface area contributed by atoms with Crippen LogP contribution in [-0.2, 0) is 0 Å². The predicted molar refractivity (Wildman–Crippen MR) is 91.0 cm³/mol. The number of nitrogens with one attached hydrogen (secondary N) is 1. The second-order valence-electron chi connectivity index (χ2n) is 6.02. The second kappa shape index (κ2) is 8.93. The Labute approximate surface area is 142 Å². The van der Waals surface area contributed by atoms with Crippen LogP contribution in [0.2, 0.25) is 5.02 Å². The van der Waals surface area contributed by atoms with Crippen molar-refractivity contribution in [3.05, 3.63) is 23.4 Å². The molecular weight excluding hydrogens is 316 g/mol. The molecule has 23 heavy (non-hydrogen) atoms. The Morgan fingerprint density at radius 1 is 1.61 bits per heavy atom. The Morgan fingerprint density at radius 3 is 3.17 bits per heavy atom. The van der Waals surface area contributed by atoms with Crippen LogP contribution in [0.15, 0.2) is 18.3 Å². The summed E-state index contributed by atoms with van der Waals surface area (Å²) < 4.78 is 5.45. The molecule has 1 aliphatic rings. The van der Waals surface area contributed by atoms with E-state index in [0.717, 1.165) is 19.6 Å². The van der Waals surface area contributed by atoms with Gasteiger partial charge in [0.1, 0.15) is 11.6 Å². The van der Waals surface area contributed by atoms with Crippen LogP contribution in [0.5, 0.6) is 5.88 Å². The fourth-order valence-corrected chi connectivity index (χ4v) is 2.99. The summed E-state index contributed by atoms with van der Waals surface area (Å²) in [4.78, 5) is 20.2. The van der Waals surface area contributed by atoms with Gasteiger partial charge < -0.3 is 19.9 Å². The maximum Gasteiger partial charge on any atom is 0.317 e. The minimum Gasteiger partial charge on any atom is -0.475 e. The number of likely N-dealkylation sites (tertiary alicyclic amines) is 1. The number of hydrogen-bond donors (Lipinski definition) is 1. The van der Waals surface area contributed by atoms with Crippen molar-refractivity contribution < 1.29 is 9.53 Å². The highest BCUT2D eigenvalue weighted by atomic mass is 35.5.